The summed E-state index contributed by atoms with van der Waals surface area (Å²) in [5.74, 6) is 1.61. The van der Waals surface area contributed by atoms with Gasteiger partial charge in [0.25, 0.3) is 0 Å². The Morgan fingerprint density at radius 3 is 2.67 bits per heavy atom. The minimum atomic E-state index is 0.0593. The van der Waals surface area contributed by atoms with Crippen molar-refractivity contribution in [1.82, 2.24) is 0 Å². The van der Waals surface area contributed by atoms with Gasteiger partial charge < -0.3 is 5.11 Å². The molecule has 0 saturated carbocycles. The lowest BCUT2D eigenvalue weighted by Gasteiger charge is -2.18. The number of aryl methyl sites for hydroxylation is 1. The van der Waals surface area contributed by atoms with Crippen LogP contribution in [0.15, 0.2) is 41.0 Å². The fraction of sp³-hybridized carbons (Fsp3) is 0.400. The molecule has 1 N–H and O–H groups in total. The van der Waals surface area contributed by atoms with Crippen molar-refractivity contribution in [1.29, 1.82) is 0 Å². The second-order valence-electron chi connectivity index (χ2n) is 4.83. The highest BCUT2D eigenvalue weighted by Crippen LogP contribution is 2.27. The summed E-state index contributed by atoms with van der Waals surface area (Å²) in [6, 6.07) is 8.48. The van der Waals surface area contributed by atoms with E-state index < -0.39 is 0 Å². The van der Waals surface area contributed by atoms with E-state index >= 15 is 0 Å². The standard InChI is InChI=1S/C15H18O2S/c1-11-2-4-15(5-3-11)18-7-6-12-8-13(16)10-14(17)9-12/h2-5,10,12,16H,6-9H2,1H3. The molecule has 0 heterocycles. The number of hydrogen-bond acceptors (Lipinski definition) is 3. The summed E-state index contributed by atoms with van der Waals surface area (Å²) >= 11 is 1.81. The number of carbonyl (C=O) groups is 1. The molecule has 0 saturated heterocycles. The van der Waals surface area contributed by atoms with Gasteiger partial charge in [0.1, 0.15) is 0 Å². The Morgan fingerprint density at radius 1 is 1.28 bits per heavy atom. The van der Waals surface area contributed by atoms with Gasteiger partial charge >= 0.3 is 0 Å². The van der Waals surface area contributed by atoms with Crippen LogP contribution in [-0.4, -0.2) is 16.6 Å². The smallest absolute Gasteiger partial charge is 0.159 e. The van der Waals surface area contributed by atoms with Crippen LogP contribution in [0.4, 0.5) is 0 Å². The molecule has 0 fully saturated rings. The third-order valence-corrected chi connectivity index (χ3v) is 4.18. The molecule has 2 rings (SSSR count). The average molecular weight is 262 g/mol. The van der Waals surface area contributed by atoms with Gasteiger partial charge in [0, 0.05) is 23.8 Å². The fourth-order valence-electron chi connectivity index (χ4n) is 2.14. The molecule has 0 amide bonds. The monoisotopic (exact) mass is 262 g/mol. The van der Waals surface area contributed by atoms with E-state index in [-0.39, 0.29) is 11.5 Å². The summed E-state index contributed by atoms with van der Waals surface area (Å²) in [6.07, 6.45) is 3.57. The van der Waals surface area contributed by atoms with Crippen LogP contribution in [0.5, 0.6) is 0 Å². The number of benzene rings is 1. The predicted octanol–water partition coefficient (Wildman–Crippen LogP) is 3.90. The van der Waals surface area contributed by atoms with Crippen molar-refractivity contribution in [2.24, 2.45) is 5.92 Å². The van der Waals surface area contributed by atoms with Gasteiger partial charge in [-0.1, -0.05) is 17.7 Å². The quantitative estimate of drug-likeness (QED) is 0.836. The number of aliphatic hydroxyl groups is 1. The summed E-state index contributed by atoms with van der Waals surface area (Å²) < 4.78 is 0. The molecule has 96 valence electrons. The van der Waals surface area contributed by atoms with Gasteiger partial charge in [-0.05, 0) is 37.1 Å². The van der Waals surface area contributed by atoms with Gasteiger partial charge in [-0.15, -0.1) is 11.8 Å². The number of ketones is 1. The summed E-state index contributed by atoms with van der Waals surface area (Å²) in [6.45, 7) is 2.08. The zero-order valence-corrected chi connectivity index (χ0v) is 11.4. The minimum absolute atomic E-state index is 0.0593. The SMILES string of the molecule is Cc1ccc(SCCC2CC(=O)C=C(O)C2)cc1. The minimum Gasteiger partial charge on any atom is -0.512 e. The summed E-state index contributed by atoms with van der Waals surface area (Å²) in [5.41, 5.74) is 1.27. The largest absolute Gasteiger partial charge is 0.512 e. The molecule has 1 aromatic rings. The molecular formula is C15H18O2S. The first-order valence-corrected chi connectivity index (χ1v) is 7.24. The van der Waals surface area contributed by atoms with E-state index in [0.29, 0.717) is 18.8 Å². The molecule has 3 heteroatoms. The van der Waals surface area contributed by atoms with E-state index in [1.807, 2.05) is 11.8 Å². The van der Waals surface area contributed by atoms with Gasteiger partial charge in [0.05, 0.1) is 5.76 Å². The summed E-state index contributed by atoms with van der Waals surface area (Å²) in [5, 5.41) is 9.43. The van der Waals surface area contributed by atoms with Gasteiger partial charge in [0.15, 0.2) is 5.78 Å². The summed E-state index contributed by atoms with van der Waals surface area (Å²) in [4.78, 5) is 12.6. The predicted molar refractivity (Wildman–Crippen MR) is 75.0 cm³/mol. The van der Waals surface area contributed by atoms with Crippen LogP contribution < -0.4 is 0 Å². The Bertz CT molecular complexity index is 448. The average Bonchev–Trinajstić information content (AvgIpc) is 2.30. The van der Waals surface area contributed by atoms with E-state index in [0.717, 1.165) is 12.2 Å². The van der Waals surface area contributed by atoms with Crippen molar-refractivity contribution in [2.45, 2.75) is 31.1 Å². The first-order valence-electron chi connectivity index (χ1n) is 6.25. The fourth-order valence-corrected chi connectivity index (χ4v) is 3.15. The molecule has 0 bridgehead atoms. The molecule has 1 atom stereocenters. The molecule has 0 radical (unpaired) electrons. The van der Waals surface area contributed by atoms with Gasteiger partial charge in [-0.3, -0.25) is 4.79 Å². The zero-order chi connectivity index (χ0) is 13.0. The van der Waals surface area contributed by atoms with Crippen molar-refractivity contribution >= 4 is 17.5 Å². The Kier molecular flexibility index (Phi) is 4.48. The molecule has 0 spiro atoms. The second-order valence-corrected chi connectivity index (χ2v) is 5.99. The number of hydrogen-bond donors (Lipinski definition) is 1. The maximum atomic E-state index is 11.3. The van der Waals surface area contributed by atoms with E-state index in [9.17, 15) is 9.90 Å². The maximum Gasteiger partial charge on any atom is 0.159 e. The second kappa shape index (κ2) is 6.10. The normalized spacial score (nSPS) is 19.7. The van der Waals surface area contributed by atoms with Gasteiger partial charge in [-0.25, -0.2) is 0 Å². The first-order chi connectivity index (χ1) is 8.63. The Morgan fingerprint density at radius 2 is 2.00 bits per heavy atom. The number of allylic oxidation sites excluding steroid dienone is 2. The van der Waals surface area contributed by atoms with Crippen LogP contribution in [0.3, 0.4) is 0 Å². The van der Waals surface area contributed by atoms with Gasteiger partial charge in [0.2, 0.25) is 0 Å². The topological polar surface area (TPSA) is 37.3 Å². The highest BCUT2D eigenvalue weighted by molar-refractivity contribution is 7.99. The highest BCUT2D eigenvalue weighted by atomic mass is 32.2. The van der Waals surface area contributed by atoms with Crippen molar-refractivity contribution < 1.29 is 9.90 Å². The Hall–Kier alpha value is -1.22. The highest BCUT2D eigenvalue weighted by Gasteiger charge is 2.19. The van der Waals surface area contributed by atoms with E-state index in [2.05, 4.69) is 31.2 Å². The Balaban J connectivity index is 1.77. The third kappa shape index (κ3) is 3.91. The number of aliphatic hydroxyl groups excluding tert-OH is 1. The molecule has 1 unspecified atom stereocenters. The summed E-state index contributed by atoms with van der Waals surface area (Å²) in [7, 11) is 0. The molecule has 18 heavy (non-hydrogen) atoms. The van der Waals surface area contributed by atoms with E-state index in [1.165, 1.54) is 16.5 Å². The van der Waals surface area contributed by atoms with E-state index in [1.54, 1.807) is 0 Å². The van der Waals surface area contributed by atoms with Crippen molar-refractivity contribution in [3.05, 3.63) is 41.7 Å². The molecule has 0 aliphatic heterocycles. The van der Waals surface area contributed by atoms with Crippen molar-refractivity contribution in [3.63, 3.8) is 0 Å². The van der Waals surface area contributed by atoms with Crippen LogP contribution in [-0.2, 0) is 4.79 Å². The zero-order valence-electron chi connectivity index (χ0n) is 10.6. The molecular weight excluding hydrogens is 244 g/mol. The first kappa shape index (κ1) is 13.2. The Labute approximate surface area is 112 Å². The lowest BCUT2D eigenvalue weighted by molar-refractivity contribution is -0.116. The van der Waals surface area contributed by atoms with Crippen molar-refractivity contribution in [3.8, 4) is 0 Å². The van der Waals surface area contributed by atoms with Crippen LogP contribution in [0.25, 0.3) is 0 Å². The van der Waals surface area contributed by atoms with Crippen molar-refractivity contribution in [2.75, 3.05) is 5.75 Å². The molecule has 1 aromatic carbocycles. The number of carbonyl (C=O) groups excluding carboxylic acids is 1. The maximum absolute atomic E-state index is 11.3. The molecule has 0 aromatic heterocycles. The number of thioether (sulfide) groups is 1. The molecule has 1 aliphatic rings. The van der Waals surface area contributed by atoms with Crippen LogP contribution in [0.2, 0.25) is 0 Å². The molecule has 1 aliphatic carbocycles. The third-order valence-electron chi connectivity index (χ3n) is 3.13. The molecule has 2 nitrogen and oxygen atoms in total. The number of rotatable bonds is 4. The lowest BCUT2D eigenvalue weighted by Crippen LogP contribution is -2.14. The van der Waals surface area contributed by atoms with E-state index in [4.69, 9.17) is 0 Å². The van der Waals surface area contributed by atoms with Crippen LogP contribution >= 0.6 is 11.8 Å². The lowest BCUT2D eigenvalue weighted by atomic mass is 9.90. The van der Waals surface area contributed by atoms with Crippen LogP contribution in [0, 0.1) is 12.8 Å². The van der Waals surface area contributed by atoms with Crippen LogP contribution in [0.1, 0.15) is 24.8 Å². The van der Waals surface area contributed by atoms with Gasteiger partial charge in [-0.2, -0.15) is 0 Å².